The number of para-hydroxylation sites is 1. The van der Waals surface area contributed by atoms with Crippen molar-refractivity contribution in [1.82, 2.24) is 0 Å². The summed E-state index contributed by atoms with van der Waals surface area (Å²) in [5.41, 5.74) is -0.307. The zero-order valence-electron chi connectivity index (χ0n) is 11.1. The van der Waals surface area contributed by atoms with E-state index in [1.807, 2.05) is 0 Å². The van der Waals surface area contributed by atoms with Crippen LogP contribution in [0.4, 0.5) is 10.5 Å². The second-order valence-corrected chi connectivity index (χ2v) is 4.05. The highest BCUT2D eigenvalue weighted by Crippen LogP contribution is 2.27. The van der Waals surface area contributed by atoms with Crippen molar-refractivity contribution in [3.63, 3.8) is 0 Å². The second-order valence-electron chi connectivity index (χ2n) is 4.05. The van der Waals surface area contributed by atoms with Crippen LogP contribution in [0.15, 0.2) is 30.5 Å². The van der Waals surface area contributed by atoms with Crippen molar-refractivity contribution < 1.29 is 24.5 Å². The molecular weight excluding hydrogens is 262 g/mol. The number of unbranched alkanes of at least 4 members (excludes halogenated alkanes) is 2. The number of rotatable bonds is 6. The minimum Gasteiger partial charge on any atom is -0.505 e. The summed E-state index contributed by atoms with van der Waals surface area (Å²) in [6, 6.07) is 4.03. The van der Waals surface area contributed by atoms with Crippen LogP contribution in [-0.4, -0.2) is 22.3 Å². The largest absolute Gasteiger partial charge is 0.505 e. The van der Waals surface area contributed by atoms with Crippen LogP contribution in [0.25, 0.3) is 0 Å². The average Bonchev–Trinajstić information content (AvgIpc) is 2.40. The fourth-order valence-corrected chi connectivity index (χ4v) is 1.46. The van der Waals surface area contributed by atoms with E-state index in [1.54, 1.807) is 6.08 Å². The number of carboxylic acid groups (broad SMARTS) is 1. The molecule has 108 valence electrons. The van der Waals surface area contributed by atoms with Crippen LogP contribution in [0.3, 0.4) is 0 Å². The third-order valence-corrected chi connectivity index (χ3v) is 2.50. The molecule has 0 fully saturated rings. The Morgan fingerprint density at radius 1 is 1.40 bits per heavy atom. The molecule has 0 aliphatic heterocycles. The van der Waals surface area contributed by atoms with Gasteiger partial charge in [-0.1, -0.05) is 19.4 Å². The Balaban J connectivity index is 2.60. The zero-order valence-corrected chi connectivity index (χ0v) is 11.1. The van der Waals surface area contributed by atoms with Gasteiger partial charge >= 0.3 is 12.1 Å². The number of carbonyl (C=O) groups is 2. The maximum absolute atomic E-state index is 11.4. The van der Waals surface area contributed by atoms with Gasteiger partial charge in [-0.3, -0.25) is 5.32 Å². The Bertz CT molecular complexity index is 510. The molecule has 0 aliphatic rings. The molecule has 0 radical (unpaired) electrons. The van der Waals surface area contributed by atoms with Crippen molar-refractivity contribution in [1.29, 1.82) is 0 Å². The van der Waals surface area contributed by atoms with Gasteiger partial charge in [-0.25, -0.2) is 9.59 Å². The van der Waals surface area contributed by atoms with Gasteiger partial charge in [0.1, 0.15) is 5.56 Å². The molecule has 1 amide bonds. The Hall–Kier alpha value is -2.50. The van der Waals surface area contributed by atoms with Gasteiger partial charge in [0.2, 0.25) is 0 Å². The van der Waals surface area contributed by atoms with Gasteiger partial charge in [-0.15, -0.1) is 0 Å². The summed E-state index contributed by atoms with van der Waals surface area (Å²) in [4.78, 5) is 22.3. The number of carboxylic acids is 1. The van der Waals surface area contributed by atoms with Gasteiger partial charge in [0.05, 0.1) is 11.9 Å². The number of phenols is 1. The Kier molecular flexibility index (Phi) is 6.09. The van der Waals surface area contributed by atoms with Gasteiger partial charge in [0, 0.05) is 0 Å². The minimum atomic E-state index is -1.28. The fourth-order valence-electron chi connectivity index (χ4n) is 1.46. The number of hydrogen-bond donors (Lipinski definition) is 3. The lowest BCUT2D eigenvalue weighted by Crippen LogP contribution is -2.11. The number of nitrogens with one attached hydrogen (secondary N) is 1. The molecule has 1 aromatic rings. The van der Waals surface area contributed by atoms with Crippen LogP contribution >= 0.6 is 0 Å². The predicted octanol–water partition coefficient (Wildman–Crippen LogP) is 3.34. The summed E-state index contributed by atoms with van der Waals surface area (Å²) >= 11 is 0. The van der Waals surface area contributed by atoms with Crippen molar-refractivity contribution in [2.45, 2.75) is 26.2 Å². The highest BCUT2D eigenvalue weighted by atomic mass is 16.5. The second kappa shape index (κ2) is 7.83. The maximum Gasteiger partial charge on any atom is 0.416 e. The van der Waals surface area contributed by atoms with E-state index in [4.69, 9.17) is 9.84 Å². The van der Waals surface area contributed by atoms with Gasteiger partial charge < -0.3 is 14.9 Å². The lowest BCUT2D eigenvalue weighted by Gasteiger charge is -2.07. The van der Waals surface area contributed by atoms with E-state index in [0.29, 0.717) is 0 Å². The Morgan fingerprint density at radius 3 is 2.80 bits per heavy atom. The molecule has 0 saturated carbocycles. The normalized spacial score (nSPS) is 10.4. The predicted molar refractivity (Wildman–Crippen MR) is 73.8 cm³/mol. The number of hydrogen-bond acceptors (Lipinski definition) is 4. The number of allylic oxidation sites excluding steroid dienone is 1. The molecule has 20 heavy (non-hydrogen) atoms. The smallest absolute Gasteiger partial charge is 0.416 e. The SMILES string of the molecule is CCCCC=COC(=O)Nc1cccc(C(=O)O)c1O. The van der Waals surface area contributed by atoms with E-state index in [2.05, 4.69) is 12.2 Å². The Labute approximate surface area is 116 Å². The first-order chi connectivity index (χ1) is 9.56. The van der Waals surface area contributed by atoms with Gasteiger partial charge in [-0.2, -0.15) is 0 Å². The van der Waals surface area contributed by atoms with Crippen molar-refractivity contribution in [2.75, 3.05) is 5.32 Å². The Morgan fingerprint density at radius 2 is 2.15 bits per heavy atom. The monoisotopic (exact) mass is 279 g/mol. The summed E-state index contributed by atoms with van der Waals surface area (Å²) in [5, 5.41) is 20.8. The molecule has 0 spiro atoms. The number of aromatic hydroxyl groups is 1. The summed E-state index contributed by atoms with van der Waals surface area (Å²) in [7, 11) is 0. The van der Waals surface area contributed by atoms with Crippen LogP contribution in [0, 0.1) is 0 Å². The highest BCUT2D eigenvalue weighted by molar-refractivity contribution is 5.96. The van der Waals surface area contributed by atoms with E-state index in [-0.39, 0.29) is 11.3 Å². The van der Waals surface area contributed by atoms with E-state index < -0.39 is 17.8 Å². The quantitative estimate of drug-likeness (QED) is 0.421. The molecule has 1 rings (SSSR count). The van der Waals surface area contributed by atoms with Crippen LogP contribution < -0.4 is 5.32 Å². The van der Waals surface area contributed by atoms with Crippen LogP contribution in [0.1, 0.15) is 36.5 Å². The lowest BCUT2D eigenvalue weighted by atomic mass is 10.2. The van der Waals surface area contributed by atoms with Gasteiger partial charge in [0.15, 0.2) is 5.75 Å². The van der Waals surface area contributed by atoms with Gasteiger partial charge in [-0.05, 0) is 31.1 Å². The molecule has 0 aromatic heterocycles. The van der Waals surface area contributed by atoms with E-state index >= 15 is 0 Å². The fraction of sp³-hybridized carbons (Fsp3) is 0.286. The molecule has 1 aromatic carbocycles. The number of ether oxygens (including phenoxy) is 1. The first-order valence-corrected chi connectivity index (χ1v) is 6.24. The third-order valence-electron chi connectivity index (χ3n) is 2.50. The molecule has 3 N–H and O–H groups in total. The highest BCUT2D eigenvalue weighted by Gasteiger charge is 2.14. The van der Waals surface area contributed by atoms with Crippen molar-refractivity contribution >= 4 is 17.7 Å². The molecule has 0 aliphatic carbocycles. The first kappa shape index (κ1) is 15.6. The molecule has 0 saturated heterocycles. The summed E-state index contributed by atoms with van der Waals surface area (Å²) < 4.78 is 4.76. The maximum atomic E-state index is 11.4. The van der Waals surface area contributed by atoms with E-state index in [0.717, 1.165) is 19.3 Å². The van der Waals surface area contributed by atoms with Crippen molar-refractivity contribution in [2.24, 2.45) is 0 Å². The lowest BCUT2D eigenvalue weighted by molar-refractivity contribution is 0.0693. The van der Waals surface area contributed by atoms with E-state index in [9.17, 15) is 14.7 Å². The third kappa shape index (κ3) is 4.64. The standard InChI is InChI=1S/C14H17NO5/c1-2-3-4-5-9-20-14(19)15-11-8-6-7-10(12(11)16)13(17)18/h5-9,16H,2-4H2,1H3,(H,15,19)(H,17,18). The number of anilines is 1. The van der Waals surface area contributed by atoms with Crippen LogP contribution in [-0.2, 0) is 4.74 Å². The average molecular weight is 279 g/mol. The summed E-state index contributed by atoms with van der Waals surface area (Å²) in [5.74, 6) is -1.79. The number of benzene rings is 1. The topological polar surface area (TPSA) is 95.9 Å². The van der Waals surface area contributed by atoms with Crippen LogP contribution in [0.2, 0.25) is 0 Å². The number of carbonyl (C=O) groups excluding carboxylic acids is 1. The first-order valence-electron chi connectivity index (χ1n) is 6.24. The molecule has 6 nitrogen and oxygen atoms in total. The van der Waals surface area contributed by atoms with Crippen molar-refractivity contribution in [3.05, 3.63) is 36.1 Å². The molecule has 0 bridgehead atoms. The minimum absolute atomic E-state index is 0.0168. The molecule has 0 heterocycles. The summed E-state index contributed by atoms with van der Waals surface area (Å²) in [6.45, 7) is 2.06. The molecule has 0 unspecified atom stereocenters. The van der Waals surface area contributed by atoms with Gasteiger partial charge in [0.25, 0.3) is 0 Å². The number of aromatic carboxylic acids is 1. The summed E-state index contributed by atoms with van der Waals surface area (Å²) in [6.07, 6.45) is 5.05. The number of amides is 1. The molecular formula is C14H17NO5. The molecule has 6 heteroatoms. The van der Waals surface area contributed by atoms with Crippen molar-refractivity contribution in [3.8, 4) is 5.75 Å². The molecule has 0 atom stereocenters. The van der Waals surface area contributed by atoms with Crippen LogP contribution in [0.5, 0.6) is 5.75 Å². The van der Waals surface area contributed by atoms with E-state index in [1.165, 1.54) is 24.5 Å². The zero-order chi connectivity index (χ0) is 15.0.